The van der Waals surface area contributed by atoms with Gasteiger partial charge in [-0.1, -0.05) is 12.1 Å². The van der Waals surface area contributed by atoms with Gasteiger partial charge in [-0.05, 0) is 18.2 Å². The third-order valence-corrected chi connectivity index (χ3v) is 1.56. The first kappa shape index (κ1) is 11.2. The average molecular weight is 212 g/mol. The molecule has 0 aliphatic heterocycles. The molecule has 0 aromatic carbocycles. The van der Waals surface area contributed by atoms with E-state index in [0.29, 0.717) is 0 Å². The van der Waals surface area contributed by atoms with Crippen molar-refractivity contribution in [1.29, 1.82) is 5.26 Å². The smallest absolute Gasteiger partial charge is 0.244 e. The van der Waals surface area contributed by atoms with E-state index in [1.807, 2.05) is 6.07 Å². The number of nitriles is 1. The molecule has 0 bridgehead atoms. The van der Waals surface area contributed by atoms with Crippen molar-refractivity contribution in [2.75, 3.05) is 0 Å². The van der Waals surface area contributed by atoms with E-state index in [1.54, 1.807) is 0 Å². The lowest BCUT2D eigenvalue weighted by Gasteiger charge is -2.05. The third kappa shape index (κ3) is 3.43. The van der Waals surface area contributed by atoms with Crippen molar-refractivity contribution in [2.45, 2.75) is 12.6 Å². The minimum atomic E-state index is -4.43. The van der Waals surface area contributed by atoms with Crippen LogP contribution in [0.5, 0.6) is 0 Å². The van der Waals surface area contributed by atoms with Gasteiger partial charge in [-0.3, -0.25) is 0 Å². The first-order chi connectivity index (χ1) is 7.04. The number of alkyl halides is 3. The van der Waals surface area contributed by atoms with Gasteiger partial charge in [-0.2, -0.15) is 18.4 Å². The highest BCUT2D eigenvalue weighted by Crippen LogP contribution is 2.27. The Morgan fingerprint density at radius 3 is 2.73 bits per heavy atom. The molecule has 0 atom stereocenters. The van der Waals surface area contributed by atoms with E-state index < -0.39 is 11.9 Å². The standard InChI is InChI=1S/C10H7F3N2/c11-10(12,13)9-6-3-5-8(15-9)4-1-2-7-14/h1,3-6H,2H2. The normalized spacial score (nSPS) is 11.6. The average Bonchev–Trinajstić information content (AvgIpc) is 2.17. The summed E-state index contributed by atoms with van der Waals surface area (Å²) in [5.41, 5.74) is -0.735. The van der Waals surface area contributed by atoms with Crippen molar-refractivity contribution in [3.8, 4) is 6.07 Å². The lowest BCUT2D eigenvalue weighted by molar-refractivity contribution is -0.141. The van der Waals surface area contributed by atoms with Gasteiger partial charge in [0.05, 0.1) is 18.2 Å². The number of allylic oxidation sites excluding steroid dienone is 1. The van der Waals surface area contributed by atoms with Crippen LogP contribution < -0.4 is 0 Å². The summed E-state index contributed by atoms with van der Waals surface area (Å²) in [5.74, 6) is 0. The van der Waals surface area contributed by atoms with Gasteiger partial charge in [0, 0.05) is 0 Å². The molecular weight excluding hydrogens is 205 g/mol. The molecule has 0 aliphatic carbocycles. The Kier molecular flexibility index (Phi) is 3.45. The fourth-order valence-electron chi connectivity index (χ4n) is 0.935. The monoisotopic (exact) mass is 212 g/mol. The molecule has 0 amide bonds. The van der Waals surface area contributed by atoms with Gasteiger partial charge in [0.25, 0.3) is 0 Å². The summed E-state index contributed by atoms with van der Waals surface area (Å²) in [5, 5.41) is 8.23. The number of rotatable bonds is 2. The van der Waals surface area contributed by atoms with Crippen LogP contribution in [0.3, 0.4) is 0 Å². The zero-order valence-corrected chi connectivity index (χ0v) is 7.62. The number of halogens is 3. The summed E-state index contributed by atoms with van der Waals surface area (Å²) in [4.78, 5) is 3.39. The number of hydrogen-bond donors (Lipinski definition) is 0. The predicted molar refractivity (Wildman–Crippen MR) is 48.5 cm³/mol. The van der Waals surface area contributed by atoms with Gasteiger partial charge in [0.15, 0.2) is 0 Å². The van der Waals surface area contributed by atoms with Crippen LogP contribution in [0, 0.1) is 11.3 Å². The molecule has 1 aromatic rings. The van der Waals surface area contributed by atoms with E-state index >= 15 is 0 Å². The molecule has 0 unspecified atom stereocenters. The zero-order valence-electron chi connectivity index (χ0n) is 7.62. The van der Waals surface area contributed by atoms with Gasteiger partial charge in [-0.15, -0.1) is 0 Å². The molecule has 0 saturated carbocycles. The largest absolute Gasteiger partial charge is 0.433 e. The summed E-state index contributed by atoms with van der Waals surface area (Å²) in [6, 6.07) is 5.48. The van der Waals surface area contributed by atoms with E-state index in [2.05, 4.69) is 4.98 Å². The van der Waals surface area contributed by atoms with Crippen LogP contribution in [0.2, 0.25) is 0 Å². The second-order valence-corrected chi connectivity index (χ2v) is 2.71. The summed E-state index contributed by atoms with van der Waals surface area (Å²) in [7, 11) is 0. The van der Waals surface area contributed by atoms with Crippen molar-refractivity contribution in [3.63, 3.8) is 0 Å². The second-order valence-electron chi connectivity index (χ2n) is 2.71. The maximum Gasteiger partial charge on any atom is 0.433 e. The van der Waals surface area contributed by atoms with Gasteiger partial charge >= 0.3 is 6.18 Å². The molecule has 0 aliphatic rings. The summed E-state index contributed by atoms with van der Waals surface area (Å²) in [6.45, 7) is 0. The highest BCUT2D eigenvalue weighted by molar-refractivity contribution is 5.45. The third-order valence-electron chi connectivity index (χ3n) is 1.56. The molecule has 0 fully saturated rings. The van der Waals surface area contributed by atoms with Crippen LogP contribution in [0.1, 0.15) is 17.8 Å². The lowest BCUT2D eigenvalue weighted by atomic mass is 10.2. The van der Waals surface area contributed by atoms with Gasteiger partial charge in [-0.25, -0.2) is 4.98 Å². The van der Waals surface area contributed by atoms with Crippen LogP contribution in [0.15, 0.2) is 24.3 Å². The summed E-state index contributed by atoms with van der Waals surface area (Å²) < 4.78 is 36.7. The minimum Gasteiger partial charge on any atom is -0.244 e. The molecule has 5 heteroatoms. The van der Waals surface area contributed by atoms with Crippen molar-refractivity contribution < 1.29 is 13.2 Å². The minimum absolute atomic E-state index is 0.151. The molecule has 0 radical (unpaired) electrons. The number of nitrogens with zero attached hydrogens (tertiary/aromatic N) is 2. The van der Waals surface area contributed by atoms with E-state index in [1.165, 1.54) is 24.3 Å². The molecule has 1 heterocycles. The highest BCUT2D eigenvalue weighted by Gasteiger charge is 2.32. The van der Waals surface area contributed by atoms with Crippen LogP contribution in [0.4, 0.5) is 13.2 Å². The van der Waals surface area contributed by atoms with Crippen LogP contribution in [0.25, 0.3) is 6.08 Å². The topological polar surface area (TPSA) is 36.7 Å². The van der Waals surface area contributed by atoms with Crippen molar-refractivity contribution in [2.24, 2.45) is 0 Å². The van der Waals surface area contributed by atoms with Gasteiger partial charge in [0.2, 0.25) is 0 Å². The van der Waals surface area contributed by atoms with Crippen LogP contribution in [-0.4, -0.2) is 4.98 Å². The van der Waals surface area contributed by atoms with Crippen LogP contribution >= 0.6 is 0 Å². The van der Waals surface area contributed by atoms with E-state index in [9.17, 15) is 13.2 Å². The SMILES string of the molecule is N#CCC=Cc1cccc(C(F)(F)F)n1. The zero-order chi connectivity index (χ0) is 11.3. The predicted octanol–water partition coefficient (Wildman–Crippen LogP) is 3.03. The van der Waals surface area contributed by atoms with E-state index in [4.69, 9.17) is 5.26 Å². The molecule has 1 rings (SSSR count). The molecule has 15 heavy (non-hydrogen) atoms. The maximum atomic E-state index is 12.2. The van der Waals surface area contributed by atoms with Crippen LogP contribution in [-0.2, 0) is 6.18 Å². The molecule has 1 aromatic heterocycles. The Morgan fingerprint density at radius 2 is 2.13 bits per heavy atom. The Balaban J connectivity index is 2.89. The number of pyridine rings is 1. The van der Waals surface area contributed by atoms with Gasteiger partial charge < -0.3 is 0 Å². The Bertz CT molecular complexity index is 402. The Labute approximate surface area is 84.7 Å². The van der Waals surface area contributed by atoms with Crippen molar-refractivity contribution >= 4 is 6.08 Å². The van der Waals surface area contributed by atoms with Crippen molar-refractivity contribution in [3.05, 3.63) is 35.7 Å². The molecule has 0 spiro atoms. The van der Waals surface area contributed by atoms with E-state index in [0.717, 1.165) is 6.07 Å². The first-order valence-electron chi connectivity index (χ1n) is 4.12. The van der Waals surface area contributed by atoms with E-state index in [-0.39, 0.29) is 12.1 Å². The van der Waals surface area contributed by atoms with Crippen molar-refractivity contribution in [1.82, 2.24) is 4.98 Å². The highest BCUT2D eigenvalue weighted by atomic mass is 19.4. The molecule has 0 N–H and O–H groups in total. The number of aromatic nitrogens is 1. The molecule has 78 valence electrons. The maximum absolute atomic E-state index is 12.2. The number of hydrogen-bond acceptors (Lipinski definition) is 2. The quantitative estimate of drug-likeness (QED) is 0.755. The van der Waals surface area contributed by atoms with Gasteiger partial charge in [0.1, 0.15) is 5.69 Å². The Hall–Kier alpha value is -1.83. The fraction of sp³-hybridized carbons (Fsp3) is 0.200. The molecular formula is C10H7F3N2. The second kappa shape index (κ2) is 4.60. The summed E-state index contributed by atoms with van der Waals surface area (Å²) >= 11 is 0. The first-order valence-corrected chi connectivity index (χ1v) is 4.12. The lowest BCUT2D eigenvalue weighted by Crippen LogP contribution is -2.07. The summed E-state index contributed by atoms with van der Waals surface area (Å²) in [6.07, 6.45) is -1.43. The Morgan fingerprint density at radius 1 is 1.40 bits per heavy atom. The molecule has 0 saturated heterocycles. The fourth-order valence-corrected chi connectivity index (χ4v) is 0.935. The molecule has 2 nitrogen and oxygen atoms in total.